The maximum absolute atomic E-state index is 14.8. The van der Waals surface area contributed by atoms with Gasteiger partial charge in [0, 0.05) is 19.3 Å². The molecule has 3 rings (SSSR count). The average molecular weight is 632 g/mol. The van der Waals surface area contributed by atoms with Crippen LogP contribution in [0.4, 0.5) is 21.8 Å². The zero-order valence-corrected chi connectivity index (χ0v) is 29.9. The molecule has 2 heterocycles. The fraction of sp³-hybridized carbons (Fsp3) is 0.581. The number of halogens is 1. The van der Waals surface area contributed by atoms with Crippen molar-refractivity contribution in [3.05, 3.63) is 52.2 Å². The number of pyridine rings is 1. The van der Waals surface area contributed by atoms with E-state index in [1.807, 2.05) is 13.0 Å². The van der Waals surface area contributed by atoms with Crippen molar-refractivity contribution in [2.45, 2.75) is 97.2 Å². The van der Waals surface area contributed by atoms with E-state index in [4.69, 9.17) is 13.3 Å². The predicted octanol–water partition coefficient (Wildman–Crippen LogP) is 7.70. The van der Waals surface area contributed by atoms with E-state index in [9.17, 15) is 9.18 Å². The van der Waals surface area contributed by atoms with Gasteiger partial charge in [-0.05, 0) is 60.4 Å². The van der Waals surface area contributed by atoms with E-state index in [2.05, 4.69) is 88.6 Å². The average Bonchev–Trinajstić information content (AvgIpc) is 3.35. The van der Waals surface area contributed by atoms with E-state index in [0.29, 0.717) is 24.5 Å². The van der Waals surface area contributed by atoms with Crippen molar-refractivity contribution < 1.29 is 17.7 Å². The topological polar surface area (TPSA) is 103 Å². The van der Waals surface area contributed by atoms with Crippen LogP contribution >= 0.6 is 0 Å². The lowest BCUT2D eigenvalue weighted by atomic mass is 10.1. The molecule has 9 nitrogen and oxygen atoms in total. The molecule has 0 spiro atoms. The van der Waals surface area contributed by atoms with Gasteiger partial charge in [0.1, 0.15) is 5.82 Å². The minimum Gasteiger partial charge on any atom is -0.415 e. The number of rotatable bonds is 12. The maximum Gasteiger partial charge on any atom is 0.316 e. The van der Waals surface area contributed by atoms with Crippen LogP contribution in [0.5, 0.6) is 0 Å². The lowest BCUT2D eigenvalue weighted by molar-refractivity contribution is 0.205. The highest BCUT2D eigenvalue weighted by Gasteiger charge is 2.40. The number of nitrogens with one attached hydrogen (secondary N) is 2. The molecule has 0 bridgehead atoms. The summed E-state index contributed by atoms with van der Waals surface area (Å²) in [5.74, 6) is -0.231. The molecular formula is C31H50FN5O4Si2. The Labute approximate surface area is 257 Å². The van der Waals surface area contributed by atoms with Gasteiger partial charge >= 0.3 is 6.01 Å². The lowest BCUT2D eigenvalue weighted by Gasteiger charge is -2.39. The number of anilines is 3. The Hall–Kier alpha value is -2.81. The summed E-state index contributed by atoms with van der Waals surface area (Å²) >= 11 is 0. The van der Waals surface area contributed by atoms with Crippen molar-refractivity contribution in [1.82, 2.24) is 14.8 Å². The first-order valence-corrected chi connectivity index (χ1v) is 20.7. The highest BCUT2D eigenvalue weighted by atomic mass is 28.4. The summed E-state index contributed by atoms with van der Waals surface area (Å²) in [7, 11) is -2.43. The highest BCUT2D eigenvalue weighted by Crippen LogP contribution is 2.38. The summed E-state index contributed by atoms with van der Waals surface area (Å²) in [5, 5.41) is 15.0. The van der Waals surface area contributed by atoms with Crippen molar-refractivity contribution in [2.24, 2.45) is 7.05 Å². The Kier molecular flexibility index (Phi) is 10.5. The number of hydrogen-bond donors (Lipinski definition) is 2. The molecule has 0 amide bonds. The van der Waals surface area contributed by atoms with Crippen LogP contribution in [-0.2, 0) is 22.3 Å². The van der Waals surface area contributed by atoms with E-state index in [-0.39, 0.29) is 39.3 Å². The largest absolute Gasteiger partial charge is 0.415 e. The Bertz CT molecular complexity index is 1430. The lowest BCUT2D eigenvalue weighted by Crippen LogP contribution is -2.47. The maximum atomic E-state index is 14.8. The van der Waals surface area contributed by atoms with Gasteiger partial charge in [-0.15, -0.1) is 5.10 Å². The molecule has 238 valence electrons. The van der Waals surface area contributed by atoms with Crippen LogP contribution in [0.1, 0.15) is 54.0 Å². The van der Waals surface area contributed by atoms with Crippen LogP contribution in [-0.4, -0.2) is 50.7 Å². The third-order valence-corrected chi connectivity index (χ3v) is 17.8. The van der Waals surface area contributed by atoms with Crippen LogP contribution in [0.15, 0.2) is 39.7 Å². The first kappa shape index (κ1) is 34.7. The number of aromatic nitrogens is 3. The van der Waals surface area contributed by atoms with Gasteiger partial charge in [-0.1, -0.05) is 59.6 Å². The normalized spacial score (nSPS) is 13.1. The van der Waals surface area contributed by atoms with Gasteiger partial charge < -0.3 is 28.5 Å². The van der Waals surface area contributed by atoms with Crippen molar-refractivity contribution in [3.63, 3.8) is 0 Å². The van der Waals surface area contributed by atoms with Gasteiger partial charge in [-0.25, -0.2) is 4.39 Å². The van der Waals surface area contributed by atoms with E-state index in [1.165, 1.54) is 16.7 Å². The molecule has 0 unspecified atom stereocenters. The van der Waals surface area contributed by atoms with Crippen LogP contribution in [0.3, 0.4) is 0 Å². The SMILES string of the molecule is CCc1ccc(Nc2cc(=O)n(C)cc2-c2nnc(NC(CO[Si](C)(C)C(C)(C)C)CO[Si](C)(C)C(C)(C)C)o2)c(F)c1. The molecule has 0 saturated heterocycles. The quantitative estimate of drug-likeness (QED) is 0.196. The van der Waals surface area contributed by atoms with Crippen LogP contribution in [0.25, 0.3) is 11.5 Å². The molecule has 12 heteroatoms. The standard InChI is InChI=1S/C31H50FN5O4Si2/c1-13-21-14-15-25(24(32)16-21)34-26-17-27(38)37(8)18-23(26)28-35-36-29(41-28)33-22(19-39-42(9,10)30(2,3)4)20-40-43(11,12)31(5,6)7/h14-18,22,34H,13,19-20H2,1-12H3,(H,33,36). The van der Waals surface area contributed by atoms with E-state index in [1.54, 1.807) is 19.3 Å². The molecule has 0 radical (unpaired) electrons. The van der Waals surface area contributed by atoms with Crippen LogP contribution in [0, 0.1) is 5.82 Å². The Morgan fingerprint density at radius 3 is 2.05 bits per heavy atom. The highest BCUT2D eigenvalue weighted by molar-refractivity contribution is 6.74. The van der Waals surface area contributed by atoms with Gasteiger partial charge in [-0.2, -0.15) is 0 Å². The molecule has 0 aliphatic carbocycles. The number of hydrogen-bond acceptors (Lipinski definition) is 8. The molecule has 0 aliphatic rings. The first-order valence-electron chi connectivity index (χ1n) is 14.9. The van der Waals surface area contributed by atoms with E-state index < -0.39 is 22.5 Å². The molecule has 0 fully saturated rings. The molecule has 0 atom stereocenters. The van der Waals surface area contributed by atoms with Gasteiger partial charge in [0.05, 0.1) is 36.2 Å². The number of aryl methyl sites for hydroxylation is 2. The second-order valence-corrected chi connectivity index (χ2v) is 23.9. The Balaban J connectivity index is 1.90. The third kappa shape index (κ3) is 8.65. The monoisotopic (exact) mass is 631 g/mol. The van der Waals surface area contributed by atoms with Gasteiger partial charge in [0.2, 0.25) is 0 Å². The van der Waals surface area contributed by atoms with Gasteiger partial charge in [0.25, 0.3) is 11.4 Å². The summed E-state index contributed by atoms with van der Waals surface area (Å²) in [6.45, 7) is 24.9. The zero-order valence-electron chi connectivity index (χ0n) is 27.9. The number of nitrogens with zero attached hydrogens (tertiary/aromatic N) is 3. The van der Waals surface area contributed by atoms with E-state index >= 15 is 0 Å². The van der Waals surface area contributed by atoms with Crippen molar-refractivity contribution in [1.29, 1.82) is 0 Å². The van der Waals surface area contributed by atoms with Crippen molar-refractivity contribution >= 4 is 34.0 Å². The third-order valence-electron chi connectivity index (χ3n) is 8.83. The smallest absolute Gasteiger partial charge is 0.316 e. The molecule has 1 aromatic carbocycles. The van der Waals surface area contributed by atoms with Crippen molar-refractivity contribution in [3.8, 4) is 11.5 Å². The Morgan fingerprint density at radius 1 is 0.953 bits per heavy atom. The molecular weight excluding hydrogens is 582 g/mol. The van der Waals surface area contributed by atoms with Crippen LogP contribution in [0.2, 0.25) is 36.3 Å². The van der Waals surface area contributed by atoms with Crippen molar-refractivity contribution in [2.75, 3.05) is 23.8 Å². The summed E-state index contributed by atoms with van der Waals surface area (Å²) in [4.78, 5) is 12.5. The number of benzene rings is 1. The zero-order chi connectivity index (χ0) is 32.4. The van der Waals surface area contributed by atoms with Gasteiger partial charge in [-0.3, -0.25) is 4.79 Å². The molecule has 2 aromatic heterocycles. The molecule has 2 N–H and O–H groups in total. The molecule has 0 saturated carbocycles. The minimum atomic E-state index is -2.03. The van der Waals surface area contributed by atoms with Crippen LogP contribution < -0.4 is 16.2 Å². The van der Waals surface area contributed by atoms with E-state index in [0.717, 1.165) is 12.0 Å². The summed E-state index contributed by atoms with van der Waals surface area (Å²) in [5.41, 5.74) is 1.69. The fourth-order valence-corrected chi connectivity index (χ4v) is 5.78. The second-order valence-electron chi connectivity index (χ2n) is 14.2. The fourth-order valence-electron chi connectivity index (χ4n) is 3.68. The summed E-state index contributed by atoms with van der Waals surface area (Å²) < 4.78 is 35.4. The minimum absolute atomic E-state index is 0.0541. The summed E-state index contributed by atoms with van der Waals surface area (Å²) in [6, 6.07) is 6.35. The Morgan fingerprint density at radius 2 is 1.53 bits per heavy atom. The predicted molar refractivity (Wildman–Crippen MR) is 178 cm³/mol. The molecule has 43 heavy (non-hydrogen) atoms. The summed E-state index contributed by atoms with van der Waals surface area (Å²) in [6.07, 6.45) is 2.31. The van der Waals surface area contributed by atoms with Gasteiger partial charge in [0.15, 0.2) is 16.6 Å². The molecule has 3 aromatic rings. The molecule has 0 aliphatic heterocycles. The second kappa shape index (κ2) is 13.0. The first-order chi connectivity index (χ1) is 19.7.